The number of rotatable bonds is 8. The van der Waals surface area contributed by atoms with Crippen molar-refractivity contribution in [3.8, 4) is 0 Å². The average molecular weight is 330 g/mol. The van der Waals surface area contributed by atoms with Gasteiger partial charge in [-0.3, -0.25) is 14.6 Å². The third-order valence-electron chi connectivity index (χ3n) is 3.14. The van der Waals surface area contributed by atoms with Crippen molar-refractivity contribution in [2.45, 2.75) is 19.3 Å². The van der Waals surface area contributed by atoms with E-state index in [-0.39, 0.29) is 12.5 Å². The fraction of sp³-hybridized carbons (Fsp3) is 0.235. The first-order valence-corrected chi connectivity index (χ1v) is 8.17. The van der Waals surface area contributed by atoms with Crippen LogP contribution < -0.4 is 5.32 Å². The second-order valence-corrected chi connectivity index (χ2v) is 5.94. The molecule has 1 aromatic heterocycles. The molecule has 1 aromatic carbocycles. The first-order chi connectivity index (χ1) is 11.1. The number of unbranched alkanes of at least 4 members (excludes halogenated alkanes) is 1. The summed E-state index contributed by atoms with van der Waals surface area (Å²) in [6.45, 7) is -0.378. The normalized spacial score (nSPS) is 10.8. The minimum absolute atomic E-state index is 0.378. The molecule has 0 fully saturated rings. The number of aliphatic carboxylic acids is 1. The van der Waals surface area contributed by atoms with E-state index in [1.165, 1.54) is 4.88 Å². The van der Waals surface area contributed by atoms with Gasteiger partial charge in [0.05, 0.1) is 5.51 Å². The van der Waals surface area contributed by atoms with E-state index in [1.807, 2.05) is 23.8 Å². The first-order valence-electron chi connectivity index (χ1n) is 7.29. The molecule has 0 radical (unpaired) electrons. The summed E-state index contributed by atoms with van der Waals surface area (Å²) in [6, 6.07) is 7.11. The predicted molar refractivity (Wildman–Crippen MR) is 90.5 cm³/mol. The Labute approximate surface area is 138 Å². The molecule has 5 nitrogen and oxygen atoms in total. The van der Waals surface area contributed by atoms with Crippen LogP contribution >= 0.6 is 11.3 Å². The first kappa shape index (κ1) is 16.9. The number of allylic oxidation sites excluding steroid dienone is 1. The SMILES string of the molecule is O=C(O)CNC(=O)c1cccc(/C=C\CCCc2cncs2)c1. The highest BCUT2D eigenvalue weighted by Crippen LogP contribution is 2.11. The molecule has 0 aliphatic rings. The van der Waals surface area contributed by atoms with Gasteiger partial charge in [-0.05, 0) is 37.0 Å². The quantitative estimate of drug-likeness (QED) is 0.729. The molecule has 2 aromatic rings. The third-order valence-corrected chi connectivity index (χ3v) is 3.98. The predicted octanol–water partition coefficient (Wildman–Crippen LogP) is 2.99. The molecule has 2 N–H and O–H groups in total. The maximum Gasteiger partial charge on any atom is 0.322 e. The number of nitrogens with zero attached hydrogens (tertiary/aromatic N) is 1. The van der Waals surface area contributed by atoms with Gasteiger partial charge < -0.3 is 10.4 Å². The number of aromatic nitrogens is 1. The lowest BCUT2D eigenvalue weighted by Gasteiger charge is -2.03. The molecule has 0 aliphatic carbocycles. The van der Waals surface area contributed by atoms with Crippen molar-refractivity contribution >= 4 is 29.3 Å². The van der Waals surface area contributed by atoms with Gasteiger partial charge in [0.25, 0.3) is 5.91 Å². The number of benzene rings is 1. The van der Waals surface area contributed by atoms with E-state index in [1.54, 1.807) is 29.5 Å². The highest BCUT2D eigenvalue weighted by atomic mass is 32.1. The van der Waals surface area contributed by atoms with Crippen LogP contribution in [0.2, 0.25) is 0 Å². The van der Waals surface area contributed by atoms with Gasteiger partial charge in [-0.2, -0.15) is 0 Å². The van der Waals surface area contributed by atoms with Crippen LogP contribution in [0.1, 0.15) is 33.6 Å². The summed E-state index contributed by atoms with van der Waals surface area (Å²) in [4.78, 5) is 27.6. The largest absolute Gasteiger partial charge is 0.480 e. The highest BCUT2D eigenvalue weighted by Gasteiger charge is 2.06. The lowest BCUT2D eigenvalue weighted by atomic mass is 10.1. The van der Waals surface area contributed by atoms with E-state index in [0.29, 0.717) is 5.56 Å². The number of carboxylic acids is 1. The molecule has 120 valence electrons. The summed E-state index contributed by atoms with van der Waals surface area (Å²) in [6.07, 6.45) is 8.97. The van der Waals surface area contributed by atoms with Gasteiger partial charge in [0.1, 0.15) is 6.54 Å². The Morgan fingerprint density at radius 3 is 2.96 bits per heavy atom. The zero-order valence-corrected chi connectivity index (χ0v) is 13.4. The molecule has 1 heterocycles. The summed E-state index contributed by atoms with van der Waals surface area (Å²) in [5, 5.41) is 10.9. The van der Waals surface area contributed by atoms with Gasteiger partial charge in [0.2, 0.25) is 0 Å². The molecule has 1 amide bonds. The molecular formula is C17H18N2O3S. The van der Waals surface area contributed by atoms with Crippen molar-refractivity contribution in [2.75, 3.05) is 6.54 Å². The third kappa shape index (κ3) is 6.04. The topological polar surface area (TPSA) is 79.3 Å². The number of aryl methyl sites for hydroxylation is 1. The van der Waals surface area contributed by atoms with Crippen LogP contribution in [0.25, 0.3) is 6.08 Å². The number of carboxylic acid groups (broad SMARTS) is 1. The van der Waals surface area contributed by atoms with E-state index in [9.17, 15) is 9.59 Å². The van der Waals surface area contributed by atoms with Crippen molar-refractivity contribution in [2.24, 2.45) is 0 Å². The Balaban J connectivity index is 1.82. The molecule has 2 rings (SSSR count). The summed E-state index contributed by atoms with van der Waals surface area (Å²) < 4.78 is 0. The van der Waals surface area contributed by atoms with Crippen LogP contribution in [-0.4, -0.2) is 28.5 Å². The number of carbonyl (C=O) groups is 2. The van der Waals surface area contributed by atoms with Crippen LogP contribution in [0.3, 0.4) is 0 Å². The summed E-state index contributed by atoms with van der Waals surface area (Å²) >= 11 is 1.67. The lowest BCUT2D eigenvalue weighted by molar-refractivity contribution is -0.135. The Bertz CT molecular complexity index is 681. The van der Waals surface area contributed by atoms with Gasteiger partial charge >= 0.3 is 5.97 Å². The summed E-state index contributed by atoms with van der Waals surface area (Å²) in [7, 11) is 0. The molecule has 0 bridgehead atoms. The zero-order chi connectivity index (χ0) is 16.5. The number of amides is 1. The van der Waals surface area contributed by atoms with E-state index in [0.717, 1.165) is 24.8 Å². The van der Waals surface area contributed by atoms with Gasteiger partial charge in [-0.15, -0.1) is 11.3 Å². The van der Waals surface area contributed by atoms with Crippen LogP contribution in [0.5, 0.6) is 0 Å². The van der Waals surface area contributed by atoms with Crippen molar-refractivity contribution in [3.05, 3.63) is 58.1 Å². The molecule has 0 atom stereocenters. The molecule has 0 aliphatic heterocycles. The van der Waals surface area contributed by atoms with E-state index >= 15 is 0 Å². The van der Waals surface area contributed by atoms with Crippen molar-refractivity contribution < 1.29 is 14.7 Å². The smallest absolute Gasteiger partial charge is 0.322 e. The monoisotopic (exact) mass is 330 g/mol. The van der Waals surface area contributed by atoms with Gasteiger partial charge in [0.15, 0.2) is 0 Å². The average Bonchev–Trinajstić information content (AvgIpc) is 3.06. The summed E-state index contributed by atoms with van der Waals surface area (Å²) in [5.74, 6) is -1.44. The fourth-order valence-corrected chi connectivity index (χ4v) is 2.66. The van der Waals surface area contributed by atoms with E-state index < -0.39 is 5.97 Å². The second kappa shape index (κ2) is 8.85. The van der Waals surface area contributed by atoms with Crippen LogP contribution in [-0.2, 0) is 11.2 Å². The molecule has 23 heavy (non-hydrogen) atoms. The second-order valence-electron chi connectivity index (χ2n) is 4.96. The minimum atomic E-state index is -1.06. The number of thiazole rings is 1. The fourth-order valence-electron chi connectivity index (χ4n) is 2.02. The lowest BCUT2D eigenvalue weighted by Crippen LogP contribution is -2.29. The Hall–Kier alpha value is -2.47. The highest BCUT2D eigenvalue weighted by molar-refractivity contribution is 7.09. The maximum atomic E-state index is 11.8. The Morgan fingerprint density at radius 2 is 2.22 bits per heavy atom. The number of nitrogens with one attached hydrogen (secondary N) is 1. The molecule has 0 saturated carbocycles. The van der Waals surface area contributed by atoms with E-state index in [2.05, 4.69) is 16.4 Å². The van der Waals surface area contributed by atoms with Crippen molar-refractivity contribution in [1.82, 2.24) is 10.3 Å². The standard InChI is InChI=1S/C17H18N2O3S/c20-16(21)11-19-17(22)14-7-4-6-13(9-14)5-2-1-3-8-15-10-18-12-23-15/h2,4-7,9-10,12H,1,3,8,11H2,(H,19,22)(H,20,21)/b5-2-. The number of hydrogen-bond donors (Lipinski definition) is 2. The van der Waals surface area contributed by atoms with Gasteiger partial charge in [-0.1, -0.05) is 24.3 Å². The van der Waals surface area contributed by atoms with Crippen LogP contribution in [0, 0.1) is 0 Å². The molecule has 6 heteroatoms. The maximum absolute atomic E-state index is 11.8. The minimum Gasteiger partial charge on any atom is -0.480 e. The molecule has 0 spiro atoms. The zero-order valence-electron chi connectivity index (χ0n) is 12.6. The van der Waals surface area contributed by atoms with Gasteiger partial charge in [0, 0.05) is 16.6 Å². The molecule has 0 unspecified atom stereocenters. The Morgan fingerprint density at radius 1 is 1.35 bits per heavy atom. The number of hydrogen-bond acceptors (Lipinski definition) is 4. The van der Waals surface area contributed by atoms with Crippen LogP contribution in [0.4, 0.5) is 0 Å². The van der Waals surface area contributed by atoms with E-state index in [4.69, 9.17) is 5.11 Å². The summed E-state index contributed by atoms with van der Waals surface area (Å²) in [5.41, 5.74) is 3.22. The van der Waals surface area contributed by atoms with Crippen molar-refractivity contribution in [3.63, 3.8) is 0 Å². The van der Waals surface area contributed by atoms with Gasteiger partial charge in [-0.25, -0.2) is 0 Å². The number of carbonyl (C=O) groups excluding carboxylic acids is 1. The molecular weight excluding hydrogens is 312 g/mol. The van der Waals surface area contributed by atoms with Crippen molar-refractivity contribution in [1.29, 1.82) is 0 Å². The Kier molecular flexibility index (Phi) is 6.50. The molecule has 0 saturated heterocycles. The van der Waals surface area contributed by atoms with Crippen LogP contribution in [0.15, 0.2) is 42.0 Å².